The molecule has 8 fully saturated rings. The van der Waals surface area contributed by atoms with Gasteiger partial charge in [-0.25, -0.2) is 4.79 Å². The second-order valence-electron chi connectivity index (χ2n) is 20.9. The first kappa shape index (κ1) is 35.3. The van der Waals surface area contributed by atoms with Crippen molar-refractivity contribution in [3.8, 4) is 0 Å². The lowest BCUT2D eigenvalue weighted by molar-refractivity contribution is -1.08. The van der Waals surface area contributed by atoms with E-state index in [2.05, 4.69) is 78.5 Å². The number of esters is 1. The molecule has 9 rings (SSSR count). The first-order valence-electron chi connectivity index (χ1n) is 20.8. The molecule has 3 heterocycles. The number of ether oxygens (including phenoxy) is 1. The summed E-state index contributed by atoms with van der Waals surface area (Å²) in [4.78, 5) is 13.9. The second kappa shape index (κ2) is 11.9. The number of fused-ring (bicyclic) bond motifs is 10. The lowest BCUT2D eigenvalue weighted by atomic mass is 9.32. The molecule has 5 heteroatoms. The van der Waals surface area contributed by atoms with Crippen LogP contribution in [0, 0.1) is 56.7 Å². The normalized spacial score (nSPS) is 48.9. The Morgan fingerprint density at radius 2 is 1.48 bits per heavy atom. The van der Waals surface area contributed by atoms with Crippen molar-refractivity contribution in [2.45, 2.75) is 118 Å². The molecular formula is C45H70N2O3+2. The first-order chi connectivity index (χ1) is 23.7. The van der Waals surface area contributed by atoms with Crippen molar-refractivity contribution >= 4 is 5.97 Å². The fourth-order valence-electron chi connectivity index (χ4n) is 15.6. The third kappa shape index (κ3) is 5.04. The van der Waals surface area contributed by atoms with E-state index in [0.717, 1.165) is 37.1 Å². The van der Waals surface area contributed by atoms with E-state index in [1.54, 1.807) is 0 Å². The molecule has 10 atom stereocenters. The standard InChI is InChI=1S/C45H70N2O3/c1-32(2)34-15-20-45(31-48)22-21-43(6)35(40(34)45)13-14-37-42(5)18-17-38(41(3,4)36(42)16-19-44(37,43)7)50-39(49)30-47-26-23-46(24-27-47,25-28-47)29-33-11-9-8-10-12-33/h8-12,34-38,40,48H,1,13-31H2,2-7H3/q+2/t34?,35?,36?,37?,38-,40?,42-,43+,44+,45+,46?,47?/m0/s1. The highest BCUT2D eigenvalue weighted by Crippen LogP contribution is 2.77. The number of carbonyl (C=O) groups is 1. The molecule has 5 aliphatic carbocycles. The summed E-state index contributed by atoms with van der Waals surface area (Å²) in [6.07, 6.45) is 12.2. The van der Waals surface area contributed by atoms with Gasteiger partial charge < -0.3 is 18.8 Å². The summed E-state index contributed by atoms with van der Waals surface area (Å²) in [6.45, 7) is 28.6. The van der Waals surface area contributed by atoms with E-state index in [-0.39, 0.29) is 28.3 Å². The number of aliphatic hydroxyl groups excluding tert-OH is 1. The molecule has 5 unspecified atom stereocenters. The molecule has 8 aliphatic rings. The Bertz CT molecular complexity index is 1460. The topological polar surface area (TPSA) is 46.5 Å². The Morgan fingerprint density at radius 1 is 0.800 bits per heavy atom. The smallest absolute Gasteiger partial charge is 0.362 e. The van der Waals surface area contributed by atoms with E-state index in [9.17, 15) is 9.90 Å². The Labute approximate surface area is 304 Å². The zero-order valence-electron chi connectivity index (χ0n) is 32.7. The van der Waals surface area contributed by atoms with E-state index in [4.69, 9.17) is 4.74 Å². The molecule has 0 aromatic heterocycles. The highest BCUT2D eigenvalue weighted by molar-refractivity contribution is 5.71. The number of benzene rings is 1. The van der Waals surface area contributed by atoms with Crippen LogP contribution in [0.5, 0.6) is 0 Å². The fourth-order valence-corrected chi connectivity index (χ4v) is 15.6. The van der Waals surface area contributed by atoms with Crippen LogP contribution in [0.3, 0.4) is 0 Å². The minimum Gasteiger partial charge on any atom is -0.458 e. The van der Waals surface area contributed by atoms with Crippen molar-refractivity contribution < 1.29 is 23.6 Å². The van der Waals surface area contributed by atoms with E-state index < -0.39 is 0 Å². The van der Waals surface area contributed by atoms with Crippen molar-refractivity contribution in [3.63, 3.8) is 0 Å². The van der Waals surface area contributed by atoms with Gasteiger partial charge in [-0.2, -0.15) is 0 Å². The quantitative estimate of drug-likeness (QED) is 0.178. The molecule has 0 amide bonds. The van der Waals surface area contributed by atoms with Crippen LogP contribution in [-0.2, 0) is 16.1 Å². The molecule has 50 heavy (non-hydrogen) atoms. The van der Waals surface area contributed by atoms with Gasteiger partial charge in [0.25, 0.3) is 0 Å². The summed E-state index contributed by atoms with van der Waals surface area (Å²) in [6, 6.07) is 11.0. The van der Waals surface area contributed by atoms with Gasteiger partial charge in [-0.15, -0.1) is 0 Å². The highest BCUT2D eigenvalue weighted by Gasteiger charge is 2.71. The Balaban J connectivity index is 0.952. The Hall–Kier alpha value is -1.69. The molecule has 276 valence electrons. The molecule has 3 saturated heterocycles. The van der Waals surface area contributed by atoms with Crippen LogP contribution < -0.4 is 0 Å². The zero-order chi connectivity index (χ0) is 35.4. The lowest BCUT2D eigenvalue weighted by Crippen LogP contribution is -2.75. The molecule has 0 spiro atoms. The maximum atomic E-state index is 13.9. The van der Waals surface area contributed by atoms with Crippen LogP contribution in [0.15, 0.2) is 42.5 Å². The van der Waals surface area contributed by atoms with Crippen LogP contribution in [0.2, 0.25) is 0 Å². The number of aliphatic hydroxyl groups is 1. The monoisotopic (exact) mass is 687 g/mol. The van der Waals surface area contributed by atoms with Gasteiger partial charge in [0.2, 0.25) is 0 Å². The van der Waals surface area contributed by atoms with Gasteiger partial charge in [0.15, 0.2) is 6.54 Å². The number of rotatable bonds is 7. The summed E-state index contributed by atoms with van der Waals surface area (Å²) in [5.74, 6) is 3.17. The molecule has 1 aromatic rings. The highest BCUT2D eigenvalue weighted by atomic mass is 16.5. The van der Waals surface area contributed by atoms with Gasteiger partial charge in [-0.1, -0.05) is 77.1 Å². The van der Waals surface area contributed by atoms with Crippen LogP contribution in [0.1, 0.15) is 111 Å². The average molecular weight is 687 g/mol. The maximum Gasteiger partial charge on any atom is 0.362 e. The number of hydrogen-bond donors (Lipinski definition) is 1. The maximum absolute atomic E-state index is 13.9. The SMILES string of the molecule is C=C(C)C1CC[C@]2(CO)CC[C@]3(C)C(CCC4[C@@]5(C)CC[C@H](OC(=O)C[N+]67CC[N+](Cc8ccccc8)(CC6)CC7)C(C)(C)C5CC[C@]43C)C12. The molecular weight excluding hydrogens is 617 g/mol. The van der Waals surface area contributed by atoms with Gasteiger partial charge >= 0.3 is 5.97 Å². The molecule has 1 N–H and O–H groups in total. The molecule has 0 radical (unpaired) electrons. The predicted molar refractivity (Wildman–Crippen MR) is 201 cm³/mol. The summed E-state index contributed by atoms with van der Waals surface area (Å²) < 4.78 is 8.77. The number of nitrogens with zero attached hydrogens (tertiary/aromatic N) is 2. The fraction of sp³-hybridized carbons (Fsp3) is 0.800. The van der Waals surface area contributed by atoms with Gasteiger partial charge in [-0.05, 0) is 122 Å². The number of allylic oxidation sites excluding steroid dienone is 1. The lowest BCUT2D eigenvalue weighted by Gasteiger charge is -2.73. The van der Waals surface area contributed by atoms with E-state index >= 15 is 0 Å². The van der Waals surface area contributed by atoms with Gasteiger partial charge in [0, 0.05) is 17.6 Å². The molecule has 2 bridgehead atoms. The summed E-state index contributed by atoms with van der Waals surface area (Å²) in [5.41, 5.74) is 3.75. The summed E-state index contributed by atoms with van der Waals surface area (Å²) in [7, 11) is 0. The number of carbonyl (C=O) groups excluding carboxylic acids is 1. The molecule has 5 saturated carbocycles. The summed E-state index contributed by atoms with van der Waals surface area (Å²) >= 11 is 0. The largest absolute Gasteiger partial charge is 0.458 e. The zero-order valence-corrected chi connectivity index (χ0v) is 32.7. The minimum atomic E-state index is -0.0254. The van der Waals surface area contributed by atoms with Crippen molar-refractivity contribution in [2.75, 3.05) is 52.4 Å². The van der Waals surface area contributed by atoms with Crippen LogP contribution in [0.25, 0.3) is 0 Å². The van der Waals surface area contributed by atoms with Gasteiger partial charge in [0.05, 0.1) is 0 Å². The van der Waals surface area contributed by atoms with E-state index in [1.807, 2.05) is 0 Å². The number of piperazine rings is 3. The van der Waals surface area contributed by atoms with Crippen molar-refractivity contribution in [1.82, 2.24) is 0 Å². The minimum absolute atomic E-state index is 0.0137. The van der Waals surface area contributed by atoms with Gasteiger partial charge in [-0.3, -0.25) is 0 Å². The van der Waals surface area contributed by atoms with E-state index in [1.165, 1.54) is 93.0 Å². The van der Waals surface area contributed by atoms with Crippen LogP contribution in [-0.4, -0.2) is 78.6 Å². The third-order valence-electron chi connectivity index (χ3n) is 18.7. The van der Waals surface area contributed by atoms with Gasteiger partial charge in [0.1, 0.15) is 51.9 Å². The van der Waals surface area contributed by atoms with Crippen molar-refractivity contribution in [1.29, 1.82) is 0 Å². The number of quaternary nitrogens is 2. The second-order valence-corrected chi connectivity index (χ2v) is 20.9. The Morgan fingerprint density at radius 3 is 2.14 bits per heavy atom. The molecule has 1 aromatic carbocycles. The van der Waals surface area contributed by atoms with Crippen molar-refractivity contribution in [2.24, 2.45) is 56.7 Å². The average Bonchev–Trinajstić information content (AvgIpc) is 3.48. The molecule has 5 nitrogen and oxygen atoms in total. The van der Waals surface area contributed by atoms with E-state index in [0.29, 0.717) is 53.6 Å². The first-order valence-corrected chi connectivity index (χ1v) is 20.8. The number of hydrogen-bond acceptors (Lipinski definition) is 3. The third-order valence-corrected chi connectivity index (χ3v) is 18.7. The predicted octanol–water partition coefficient (Wildman–Crippen LogP) is 8.41. The molecule has 3 aliphatic heterocycles. The van der Waals surface area contributed by atoms with Crippen LogP contribution in [0.4, 0.5) is 0 Å². The summed E-state index contributed by atoms with van der Waals surface area (Å²) in [5, 5.41) is 10.9. The van der Waals surface area contributed by atoms with Crippen LogP contribution >= 0.6 is 0 Å². The Kier molecular flexibility index (Phi) is 8.42. The van der Waals surface area contributed by atoms with Crippen molar-refractivity contribution in [3.05, 3.63) is 48.0 Å².